The zero-order valence-electron chi connectivity index (χ0n) is 12.4. The number of amides is 1. The maximum Gasteiger partial charge on any atom is 0.224 e. The number of benzene rings is 1. The SMILES string of the molecule is CCCc1ccc(NC(=O)CCC(=O)c2ccc(Cl)s2)cc1. The van der Waals surface area contributed by atoms with Crippen LogP contribution in [0.1, 0.15) is 41.4 Å². The summed E-state index contributed by atoms with van der Waals surface area (Å²) in [6.45, 7) is 2.13. The molecule has 1 amide bonds. The first-order valence-corrected chi connectivity index (χ1v) is 8.45. The van der Waals surface area contributed by atoms with Gasteiger partial charge in [0.1, 0.15) is 0 Å². The lowest BCUT2D eigenvalue weighted by atomic mass is 10.1. The van der Waals surface area contributed by atoms with Crippen molar-refractivity contribution in [3.63, 3.8) is 0 Å². The normalized spacial score (nSPS) is 10.5. The zero-order chi connectivity index (χ0) is 15.9. The third kappa shape index (κ3) is 4.97. The van der Waals surface area contributed by atoms with Crippen LogP contribution in [-0.2, 0) is 11.2 Å². The van der Waals surface area contributed by atoms with Crippen molar-refractivity contribution < 1.29 is 9.59 Å². The average molecular weight is 336 g/mol. The highest BCUT2D eigenvalue weighted by atomic mass is 35.5. The number of halogens is 1. The fraction of sp³-hybridized carbons (Fsp3) is 0.294. The minimum atomic E-state index is -0.153. The van der Waals surface area contributed by atoms with Gasteiger partial charge in [0.15, 0.2) is 5.78 Å². The van der Waals surface area contributed by atoms with E-state index >= 15 is 0 Å². The molecule has 0 saturated heterocycles. The van der Waals surface area contributed by atoms with Gasteiger partial charge >= 0.3 is 0 Å². The Balaban J connectivity index is 1.81. The molecular weight excluding hydrogens is 318 g/mol. The first kappa shape index (κ1) is 16.7. The Morgan fingerprint density at radius 3 is 2.41 bits per heavy atom. The van der Waals surface area contributed by atoms with Crippen LogP contribution in [-0.4, -0.2) is 11.7 Å². The molecule has 1 aromatic carbocycles. The summed E-state index contributed by atoms with van der Waals surface area (Å²) in [6.07, 6.45) is 2.49. The minimum absolute atomic E-state index is 0.0506. The van der Waals surface area contributed by atoms with E-state index in [0.29, 0.717) is 9.21 Å². The lowest BCUT2D eigenvalue weighted by Gasteiger charge is -2.06. The standard InChI is InChI=1S/C17H18ClNO2S/c1-2-3-12-4-6-13(7-5-12)19-17(21)11-8-14(20)15-9-10-16(18)22-15/h4-7,9-10H,2-3,8,11H2,1H3,(H,19,21). The van der Waals surface area contributed by atoms with E-state index in [1.54, 1.807) is 12.1 Å². The molecule has 1 N–H and O–H groups in total. The van der Waals surface area contributed by atoms with Gasteiger partial charge in [-0.25, -0.2) is 0 Å². The van der Waals surface area contributed by atoms with Crippen LogP contribution in [0.15, 0.2) is 36.4 Å². The number of carbonyl (C=O) groups excluding carboxylic acids is 2. The Hall–Kier alpha value is -1.65. The second-order valence-electron chi connectivity index (χ2n) is 5.02. The van der Waals surface area contributed by atoms with Crippen molar-refractivity contribution in [2.24, 2.45) is 0 Å². The van der Waals surface area contributed by atoms with Crippen LogP contribution in [0.4, 0.5) is 5.69 Å². The largest absolute Gasteiger partial charge is 0.326 e. The van der Waals surface area contributed by atoms with Crippen molar-refractivity contribution in [1.82, 2.24) is 0 Å². The molecule has 1 aromatic heterocycles. The number of Topliss-reactive ketones (excluding diaryl/α,β-unsaturated/α-hetero) is 1. The minimum Gasteiger partial charge on any atom is -0.326 e. The Morgan fingerprint density at radius 1 is 1.09 bits per heavy atom. The number of anilines is 1. The van der Waals surface area contributed by atoms with Gasteiger partial charge in [-0.05, 0) is 36.2 Å². The first-order valence-electron chi connectivity index (χ1n) is 7.26. The van der Waals surface area contributed by atoms with Crippen molar-refractivity contribution in [3.05, 3.63) is 51.2 Å². The number of carbonyl (C=O) groups is 2. The van der Waals surface area contributed by atoms with E-state index in [9.17, 15) is 9.59 Å². The highest BCUT2D eigenvalue weighted by Crippen LogP contribution is 2.23. The molecule has 0 radical (unpaired) electrons. The van der Waals surface area contributed by atoms with Crippen LogP contribution in [0.2, 0.25) is 4.34 Å². The fourth-order valence-corrected chi connectivity index (χ4v) is 3.09. The molecule has 1 heterocycles. The predicted octanol–water partition coefficient (Wildman–Crippen LogP) is 4.96. The molecule has 0 bridgehead atoms. The predicted molar refractivity (Wildman–Crippen MR) is 92.0 cm³/mol. The Morgan fingerprint density at radius 2 is 1.82 bits per heavy atom. The van der Waals surface area contributed by atoms with Crippen molar-refractivity contribution in [2.75, 3.05) is 5.32 Å². The Bertz CT molecular complexity index is 649. The lowest BCUT2D eigenvalue weighted by molar-refractivity contribution is -0.116. The van der Waals surface area contributed by atoms with Gasteiger partial charge < -0.3 is 5.32 Å². The van der Waals surface area contributed by atoms with Crippen LogP contribution < -0.4 is 5.32 Å². The molecule has 0 aliphatic rings. The molecule has 0 aliphatic heterocycles. The summed E-state index contributed by atoms with van der Waals surface area (Å²) < 4.78 is 0.583. The van der Waals surface area contributed by atoms with E-state index < -0.39 is 0 Å². The van der Waals surface area contributed by atoms with Gasteiger partial charge in [0.05, 0.1) is 9.21 Å². The number of ketones is 1. The molecule has 2 rings (SSSR count). The summed E-state index contributed by atoms with van der Waals surface area (Å²) in [5.74, 6) is -0.204. The van der Waals surface area contributed by atoms with Crippen molar-refractivity contribution in [2.45, 2.75) is 32.6 Å². The van der Waals surface area contributed by atoms with E-state index in [2.05, 4.69) is 12.2 Å². The van der Waals surface area contributed by atoms with E-state index in [0.717, 1.165) is 18.5 Å². The summed E-state index contributed by atoms with van der Waals surface area (Å²) in [7, 11) is 0. The van der Waals surface area contributed by atoms with Gasteiger partial charge in [-0.2, -0.15) is 0 Å². The molecule has 22 heavy (non-hydrogen) atoms. The van der Waals surface area contributed by atoms with Crippen LogP contribution >= 0.6 is 22.9 Å². The van der Waals surface area contributed by atoms with E-state index in [4.69, 9.17) is 11.6 Å². The third-order valence-electron chi connectivity index (χ3n) is 3.20. The summed E-state index contributed by atoms with van der Waals surface area (Å²) in [5.41, 5.74) is 2.02. The number of rotatable bonds is 7. The quantitative estimate of drug-likeness (QED) is 0.727. The Labute approximate surface area is 139 Å². The molecule has 0 atom stereocenters. The van der Waals surface area contributed by atoms with Crippen molar-refractivity contribution in [1.29, 1.82) is 0 Å². The molecule has 3 nitrogen and oxygen atoms in total. The maximum absolute atomic E-state index is 11.9. The molecule has 0 saturated carbocycles. The fourth-order valence-electron chi connectivity index (χ4n) is 2.08. The topological polar surface area (TPSA) is 46.2 Å². The molecular formula is C17H18ClNO2S. The number of hydrogen-bond acceptors (Lipinski definition) is 3. The van der Waals surface area contributed by atoms with Crippen LogP contribution in [0.25, 0.3) is 0 Å². The summed E-state index contributed by atoms with van der Waals surface area (Å²) in [4.78, 5) is 24.4. The monoisotopic (exact) mass is 335 g/mol. The van der Waals surface area contributed by atoms with Crippen molar-refractivity contribution in [3.8, 4) is 0 Å². The van der Waals surface area contributed by atoms with Crippen LogP contribution in [0.5, 0.6) is 0 Å². The summed E-state index contributed by atoms with van der Waals surface area (Å²) in [6, 6.07) is 11.2. The van der Waals surface area contributed by atoms with Gasteiger partial charge in [-0.15, -0.1) is 11.3 Å². The van der Waals surface area contributed by atoms with Crippen molar-refractivity contribution >= 4 is 40.3 Å². The highest BCUT2D eigenvalue weighted by Gasteiger charge is 2.11. The molecule has 0 spiro atoms. The summed E-state index contributed by atoms with van der Waals surface area (Å²) >= 11 is 7.04. The average Bonchev–Trinajstić information content (AvgIpc) is 2.94. The molecule has 5 heteroatoms. The molecule has 0 unspecified atom stereocenters. The smallest absolute Gasteiger partial charge is 0.224 e. The van der Waals surface area contributed by atoms with Gasteiger partial charge in [-0.3, -0.25) is 9.59 Å². The summed E-state index contributed by atoms with van der Waals surface area (Å²) in [5, 5.41) is 2.81. The van der Waals surface area contributed by atoms with Gasteiger partial charge in [0.25, 0.3) is 0 Å². The Kier molecular flexibility index (Phi) is 6.16. The zero-order valence-corrected chi connectivity index (χ0v) is 14.0. The van der Waals surface area contributed by atoms with Crippen LogP contribution in [0, 0.1) is 0 Å². The van der Waals surface area contributed by atoms with Gasteiger partial charge in [0.2, 0.25) is 5.91 Å². The highest BCUT2D eigenvalue weighted by molar-refractivity contribution is 7.18. The van der Waals surface area contributed by atoms with E-state index in [1.165, 1.54) is 16.9 Å². The molecule has 0 aliphatic carbocycles. The number of aryl methyl sites for hydroxylation is 1. The van der Waals surface area contributed by atoms with E-state index in [-0.39, 0.29) is 24.5 Å². The lowest BCUT2D eigenvalue weighted by Crippen LogP contribution is -2.13. The second kappa shape index (κ2) is 8.11. The van der Waals surface area contributed by atoms with Crippen LogP contribution in [0.3, 0.4) is 0 Å². The van der Waals surface area contributed by atoms with Gasteiger partial charge in [0, 0.05) is 18.5 Å². The van der Waals surface area contributed by atoms with Gasteiger partial charge in [-0.1, -0.05) is 37.1 Å². The molecule has 0 fully saturated rings. The maximum atomic E-state index is 11.9. The second-order valence-corrected chi connectivity index (χ2v) is 6.74. The number of nitrogens with one attached hydrogen (secondary N) is 1. The van der Waals surface area contributed by atoms with E-state index in [1.807, 2.05) is 24.3 Å². The number of thiophene rings is 1. The first-order chi connectivity index (χ1) is 10.6. The molecule has 116 valence electrons. The molecule has 2 aromatic rings. The third-order valence-corrected chi connectivity index (χ3v) is 4.48. The number of hydrogen-bond donors (Lipinski definition) is 1.